The minimum absolute atomic E-state index is 0.464. The van der Waals surface area contributed by atoms with Crippen molar-refractivity contribution in [2.24, 2.45) is 5.92 Å². The number of nitrogens with zero attached hydrogens (tertiary/aromatic N) is 1. The third kappa shape index (κ3) is 3.71. The molecular weight excluding hydrogens is 220 g/mol. The highest BCUT2D eigenvalue weighted by Gasteiger charge is 2.30. The lowest BCUT2D eigenvalue weighted by atomic mass is 9.79. The van der Waals surface area contributed by atoms with Gasteiger partial charge in [0.05, 0.1) is 0 Å². The molecule has 0 amide bonds. The van der Waals surface area contributed by atoms with Crippen LogP contribution in [-0.2, 0) is 0 Å². The van der Waals surface area contributed by atoms with Gasteiger partial charge < -0.3 is 10.2 Å². The Kier molecular flexibility index (Phi) is 5.50. The third-order valence-electron chi connectivity index (χ3n) is 5.44. The Morgan fingerprint density at radius 3 is 2.33 bits per heavy atom. The second-order valence-electron chi connectivity index (χ2n) is 6.53. The first-order valence-corrected chi connectivity index (χ1v) is 8.19. The van der Waals surface area contributed by atoms with Crippen molar-refractivity contribution in [2.75, 3.05) is 26.7 Å². The van der Waals surface area contributed by atoms with E-state index in [1.807, 2.05) is 0 Å². The van der Waals surface area contributed by atoms with Crippen LogP contribution >= 0.6 is 0 Å². The zero-order chi connectivity index (χ0) is 12.8. The van der Waals surface area contributed by atoms with Gasteiger partial charge in [0, 0.05) is 12.1 Å². The lowest BCUT2D eigenvalue weighted by Crippen LogP contribution is -2.47. The molecule has 2 fully saturated rings. The topological polar surface area (TPSA) is 15.3 Å². The van der Waals surface area contributed by atoms with Gasteiger partial charge in [0.1, 0.15) is 0 Å². The summed E-state index contributed by atoms with van der Waals surface area (Å²) in [5.74, 6) is 1.02. The van der Waals surface area contributed by atoms with Crippen molar-refractivity contribution >= 4 is 0 Å². The zero-order valence-corrected chi connectivity index (χ0v) is 12.5. The molecule has 2 nitrogen and oxygen atoms in total. The molecule has 0 aromatic carbocycles. The highest BCUT2D eigenvalue weighted by Crippen LogP contribution is 2.31. The van der Waals surface area contributed by atoms with E-state index in [9.17, 15) is 0 Å². The van der Waals surface area contributed by atoms with Crippen LogP contribution in [0.15, 0.2) is 0 Å². The number of rotatable bonds is 7. The van der Waals surface area contributed by atoms with E-state index in [-0.39, 0.29) is 0 Å². The van der Waals surface area contributed by atoms with Crippen LogP contribution in [0.1, 0.15) is 64.7 Å². The Labute approximate surface area is 114 Å². The molecule has 0 aromatic heterocycles. The molecule has 0 unspecified atom stereocenters. The number of nitrogens with one attached hydrogen (secondary N) is 1. The monoisotopic (exact) mass is 252 g/mol. The summed E-state index contributed by atoms with van der Waals surface area (Å²) in [7, 11) is 2.17. The normalized spacial score (nSPS) is 24.2. The van der Waals surface area contributed by atoms with Gasteiger partial charge >= 0.3 is 0 Å². The molecule has 0 saturated heterocycles. The van der Waals surface area contributed by atoms with E-state index in [4.69, 9.17) is 0 Å². The van der Waals surface area contributed by atoms with Gasteiger partial charge in [-0.05, 0) is 58.2 Å². The first-order chi connectivity index (χ1) is 8.78. The molecule has 2 rings (SSSR count). The SMILES string of the molecule is CCN(CCC1(NC)CCCCC1)CC1CCC1. The van der Waals surface area contributed by atoms with Gasteiger partial charge in [0.25, 0.3) is 0 Å². The maximum absolute atomic E-state index is 3.65. The minimum Gasteiger partial charge on any atom is -0.314 e. The lowest BCUT2D eigenvalue weighted by Gasteiger charge is -2.40. The summed E-state index contributed by atoms with van der Waals surface area (Å²) < 4.78 is 0. The van der Waals surface area contributed by atoms with Crippen LogP contribution in [0.4, 0.5) is 0 Å². The van der Waals surface area contributed by atoms with E-state index < -0.39 is 0 Å². The summed E-state index contributed by atoms with van der Waals surface area (Å²) in [5, 5.41) is 3.65. The molecule has 0 heterocycles. The summed E-state index contributed by atoms with van der Waals surface area (Å²) in [6.07, 6.45) is 12.9. The van der Waals surface area contributed by atoms with Crippen LogP contribution in [0.3, 0.4) is 0 Å². The Bertz CT molecular complexity index is 229. The fourth-order valence-corrected chi connectivity index (χ4v) is 3.64. The van der Waals surface area contributed by atoms with Crippen LogP contribution in [-0.4, -0.2) is 37.1 Å². The average molecular weight is 252 g/mol. The molecule has 106 valence electrons. The van der Waals surface area contributed by atoms with Crippen molar-refractivity contribution < 1.29 is 0 Å². The molecule has 0 bridgehead atoms. The van der Waals surface area contributed by atoms with E-state index in [0.717, 1.165) is 5.92 Å². The Hall–Kier alpha value is -0.0800. The Morgan fingerprint density at radius 2 is 1.83 bits per heavy atom. The van der Waals surface area contributed by atoms with Crippen molar-refractivity contribution in [3.8, 4) is 0 Å². The van der Waals surface area contributed by atoms with Crippen molar-refractivity contribution in [3.63, 3.8) is 0 Å². The molecule has 2 aliphatic rings. The molecular formula is C16H32N2. The van der Waals surface area contributed by atoms with Crippen molar-refractivity contribution in [1.29, 1.82) is 0 Å². The standard InChI is InChI=1S/C16H32N2/c1-3-18(14-15-8-7-9-15)13-12-16(17-2)10-5-4-6-11-16/h15,17H,3-14H2,1-2H3. The number of hydrogen-bond acceptors (Lipinski definition) is 2. The van der Waals surface area contributed by atoms with E-state index >= 15 is 0 Å². The molecule has 0 atom stereocenters. The van der Waals surface area contributed by atoms with Gasteiger partial charge in [-0.25, -0.2) is 0 Å². The smallest absolute Gasteiger partial charge is 0.0190 e. The fraction of sp³-hybridized carbons (Fsp3) is 1.00. The first kappa shape index (κ1) is 14.3. The van der Waals surface area contributed by atoms with Crippen LogP contribution in [0.5, 0.6) is 0 Å². The number of hydrogen-bond donors (Lipinski definition) is 1. The molecule has 18 heavy (non-hydrogen) atoms. The molecule has 0 radical (unpaired) electrons. The average Bonchev–Trinajstić information content (AvgIpc) is 2.38. The molecule has 1 N–H and O–H groups in total. The molecule has 0 aromatic rings. The summed E-state index contributed by atoms with van der Waals surface area (Å²) in [6.45, 7) is 6.21. The summed E-state index contributed by atoms with van der Waals surface area (Å²) in [4.78, 5) is 2.69. The fourth-order valence-electron chi connectivity index (χ4n) is 3.64. The summed E-state index contributed by atoms with van der Waals surface area (Å²) in [5.41, 5.74) is 0.464. The highest BCUT2D eigenvalue weighted by molar-refractivity contribution is 4.90. The highest BCUT2D eigenvalue weighted by atomic mass is 15.1. The van der Waals surface area contributed by atoms with Crippen molar-refractivity contribution in [1.82, 2.24) is 10.2 Å². The predicted octanol–water partition coefficient (Wildman–Crippen LogP) is 3.42. The van der Waals surface area contributed by atoms with E-state index in [1.165, 1.54) is 77.4 Å². The molecule has 0 aliphatic heterocycles. The molecule has 2 heteroatoms. The maximum Gasteiger partial charge on any atom is 0.0190 e. The van der Waals surface area contributed by atoms with Crippen molar-refractivity contribution in [2.45, 2.75) is 70.3 Å². The Morgan fingerprint density at radius 1 is 1.11 bits per heavy atom. The van der Waals surface area contributed by atoms with Crippen LogP contribution < -0.4 is 5.32 Å². The predicted molar refractivity (Wildman–Crippen MR) is 78.9 cm³/mol. The lowest BCUT2D eigenvalue weighted by molar-refractivity contribution is 0.149. The van der Waals surface area contributed by atoms with Gasteiger partial charge in [-0.2, -0.15) is 0 Å². The quantitative estimate of drug-likeness (QED) is 0.747. The third-order valence-corrected chi connectivity index (χ3v) is 5.44. The molecule has 2 aliphatic carbocycles. The van der Waals surface area contributed by atoms with Gasteiger partial charge in [-0.15, -0.1) is 0 Å². The minimum atomic E-state index is 0.464. The van der Waals surface area contributed by atoms with Crippen molar-refractivity contribution in [3.05, 3.63) is 0 Å². The van der Waals surface area contributed by atoms with E-state index in [2.05, 4.69) is 24.2 Å². The summed E-state index contributed by atoms with van der Waals surface area (Å²) in [6, 6.07) is 0. The second kappa shape index (κ2) is 6.91. The maximum atomic E-state index is 3.65. The first-order valence-electron chi connectivity index (χ1n) is 8.19. The second-order valence-corrected chi connectivity index (χ2v) is 6.53. The van der Waals surface area contributed by atoms with E-state index in [1.54, 1.807) is 0 Å². The zero-order valence-electron chi connectivity index (χ0n) is 12.5. The van der Waals surface area contributed by atoms with Gasteiger partial charge in [0.2, 0.25) is 0 Å². The van der Waals surface area contributed by atoms with Crippen LogP contribution in [0, 0.1) is 5.92 Å². The van der Waals surface area contributed by atoms with Crippen LogP contribution in [0.25, 0.3) is 0 Å². The van der Waals surface area contributed by atoms with Gasteiger partial charge in [-0.1, -0.05) is 32.6 Å². The van der Waals surface area contributed by atoms with Crippen LogP contribution in [0.2, 0.25) is 0 Å². The van der Waals surface area contributed by atoms with E-state index in [0.29, 0.717) is 5.54 Å². The van der Waals surface area contributed by atoms with Gasteiger partial charge in [0.15, 0.2) is 0 Å². The molecule has 0 spiro atoms. The largest absolute Gasteiger partial charge is 0.314 e. The summed E-state index contributed by atoms with van der Waals surface area (Å²) >= 11 is 0. The van der Waals surface area contributed by atoms with Gasteiger partial charge in [-0.3, -0.25) is 0 Å². The molecule has 2 saturated carbocycles. The Balaban J connectivity index is 1.75.